The summed E-state index contributed by atoms with van der Waals surface area (Å²) >= 11 is 1.95. The summed E-state index contributed by atoms with van der Waals surface area (Å²) in [6.07, 6.45) is 0. The van der Waals surface area contributed by atoms with E-state index in [2.05, 4.69) is 5.32 Å². The van der Waals surface area contributed by atoms with Crippen LogP contribution in [-0.2, 0) is 0 Å². The molecule has 2 aromatic carbocycles. The maximum absolute atomic E-state index is 13.8. The number of anilines is 1. The fraction of sp³-hybridized carbons (Fsp3) is 0.133. The van der Waals surface area contributed by atoms with Gasteiger partial charge in [-0.25, -0.2) is 4.39 Å². The summed E-state index contributed by atoms with van der Waals surface area (Å²) in [4.78, 5) is 22.6. The molecule has 1 N–H and O–H groups in total. The maximum Gasteiger partial charge on any atom is 0.311 e. The maximum atomic E-state index is 13.8. The first-order valence-electron chi connectivity index (χ1n) is 6.60. The number of nitro groups is 1. The van der Waals surface area contributed by atoms with Gasteiger partial charge < -0.3 is 10.1 Å². The number of nitrogens with one attached hydrogen (secondary N) is 1. The second-order valence-electron chi connectivity index (χ2n) is 4.45. The van der Waals surface area contributed by atoms with E-state index in [0.717, 1.165) is 6.07 Å². The van der Waals surface area contributed by atoms with Crippen molar-refractivity contribution in [3.8, 4) is 5.75 Å². The fourth-order valence-corrected chi connectivity index (χ4v) is 2.32. The summed E-state index contributed by atoms with van der Waals surface area (Å²) in [5.74, 6) is -1.14. The van der Waals surface area contributed by atoms with Crippen LogP contribution in [0.25, 0.3) is 0 Å². The van der Waals surface area contributed by atoms with E-state index in [9.17, 15) is 19.3 Å². The molecule has 0 heterocycles. The van der Waals surface area contributed by atoms with E-state index < -0.39 is 16.6 Å². The van der Waals surface area contributed by atoms with Crippen LogP contribution in [-0.4, -0.2) is 17.4 Å². The Morgan fingerprint density at radius 1 is 1.35 bits per heavy atom. The van der Waals surface area contributed by atoms with Gasteiger partial charge in [0.05, 0.1) is 17.2 Å². The minimum atomic E-state index is -0.642. The molecule has 0 spiro atoms. The zero-order valence-corrected chi connectivity index (χ0v) is 14.2. The van der Waals surface area contributed by atoms with E-state index in [4.69, 9.17) is 4.74 Å². The van der Waals surface area contributed by atoms with Gasteiger partial charge in [0.25, 0.3) is 5.91 Å². The first-order valence-corrected chi connectivity index (χ1v) is 7.68. The van der Waals surface area contributed by atoms with Gasteiger partial charge in [0, 0.05) is 15.2 Å². The number of halogens is 2. The number of carbonyl (C=O) groups is 1. The van der Waals surface area contributed by atoms with Gasteiger partial charge in [-0.1, -0.05) is 0 Å². The van der Waals surface area contributed by atoms with Crippen molar-refractivity contribution >= 4 is 39.9 Å². The predicted molar refractivity (Wildman–Crippen MR) is 91.3 cm³/mol. The number of rotatable bonds is 5. The third-order valence-corrected chi connectivity index (χ3v) is 3.57. The van der Waals surface area contributed by atoms with Gasteiger partial charge in [-0.05, 0) is 59.8 Å². The normalized spacial score (nSPS) is 10.2. The minimum absolute atomic E-state index is 0.00644. The number of carbonyl (C=O) groups excluding carboxylic acids is 1. The van der Waals surface area contributed by atoms with E-state index in [1.807, 2.05) is 22.6 Å². The summed E-state index contributed by atoms with van der Waals surface area (Å²) in [5, 5.41) is 13.4. The average Bonchev–Trinajstić information content (AvgIpc) is 2.50. The van der Waals surface area contributed by atoms with E-state index in [-0.39, 0.29) is 29.3 Å². The zero-order chi connectivity index (χ0) is 17.0. The Balaban J connectivity index is 2.28. The van der Waals surface area contributed by atoms with Gasteiger partial charge in [0.2, 0.25) is 0 Å². The Hall–Kier alpha value is -2.23. The smallest absolute Gasteiger partial charge is 0.311 e. The highest BCUT2D eigenvalue weighted by Gasteiger charge is 2.19. The van der Waals surface area contributed by atoms with Crippen LogP contribution in [0.1, 0.15) is 17.3 Å². The first kappa shape index (κ1) is 17.1. The largest absolute Gasteiger partial charge is 0.487 e. The van der Waals surface area contributed by atoms with E-state index >= 15 is 0 Å². The molecule has 0 saturated carbocycles. The molecule has 0 fully saturated rings. The number of nitrogens with zero attached hydrogens (tertiary/aromatic N) is 1. The molecule has 0 saturated heterocycles. The van der Waals surface area contributed by atoms with Crippen molar-refractivity contribution in [2.75, 3.05) is 11.9 Å². The second-order valence-corrected chi connectivity index (χ2v) is 5.70. The van der Waals surface area contributed by atoms with Crippen molar-refractivity contribution in [1.29, 1.82) is 0 Å². The third kappa shape index (κ3) is 4.15. The van der Waals surface area contributed by atoms with Gasteiger partial charge in [-0.15, -0.1) is 0 Å². The molecule has 2 aromatic rings. The number of nitro benzene ring substituents is 1. The van der Waals surface area contributed by atoms with Gasteiger partial charge in [0.15, 0.2) is 5.75 Å². The average molecular weight is 430 g/mol. The van der Waals surface area contributed by atoms with Gasteiger partial charge in [0.1, 0.15) is 5.82 Å². The standard InChI is InChI=1S/C15H12FIN2O4/c1-2-23-14-6-3-9(7-13(14)19(21)22)15(20)18-12-5-4-10(17)8-11(12)16/h3-8H,2H2,1H3,(H,18,20). The quantitative estimate of drug-likeness (QED) is 0.442. The lowest BCUT2D eigenvalue weighted by Crippen LogP contribution is -2.13. The highest BCUT2D eigenvalue weighted by molar-refractivity contribution is 14.1. The van der Waals surface area contributed by atoms with Crippen molar-refractivity contribution in [1.82, 2.24) is 0 Å². The number of hydrogen-bond donors (Lipinski definition) is 1. The SMILES string of the molecule is CCOc1ccc(C(=O)Nc2ccc(I)cc2F)cc1[N+](=O)[O-]. The van der Waals surface area contributed by atoms with Crippen molar-refractivity contribution < 1.29 is 18.8 Å². The molecule has 8 heteroatoms. The van der Waals surface area contributed by atoms with Gasteiger partial charge in [-0.3, -0.25) is 14.9 Å². The molecule has 0 aromatic heterocycles. The van der Waals surface area contributed by atoms with Crippen molar-refractivity contribution in [3.63, 3.8) is 0 Å². The summed E-state index contributed by atoms with van der Waals surface area (Å²) in [6.45, 7) is 1.96. The van der Waals surface area contributed by atoms with Gasteiger partial charge >= 0.3 is 5.69 Å². The first-order chi connectivity index (χ1) is 10.9. The van der Waals surface area contributed by atoms with Crippen LogP contribution < -0.4 is 10.1 Å². The third-order valence-electron chi connectivity index (χ3n) is 2.90. The molecular weight excluding hydrogens is 418 g/mol. The topological polar surface area (TPSA) is 81.5 Å². The highest BCUT2D eigenvalue weighted by atomic mass is 127. The zero-order valence-electron chi connectivity index (χ0n) is 12.0. The number of amides is 1. The molecule has 0 radical (unpaired) electrons. The molecule has 6 nitrogen and oxygen atoms in total. The van der Waals surface area contributed by atoms with Gasteiger partial charge in [-0.2, -0.15) is 0 Å². The lowest BCUT2D eigenvalue weighted by molar-refractivity contribution is -0.385. The Morgan fingerprint density at radius 3 is 2.70 bits per heavy atom. The lowest BCUT2D eigenvalue weighted by atomic mass is 10.1. The van der Waals surface area contributed by atoms with Crippen LogP contribution in [0.5, 0.6) is 5.75 Å². The van der Waals surface area contributed by atoms with E-state index in [1.165, 1.54) is 24.3 Å². The minimum Gasteiger partial charge on any atom is -0.487 e. The van der Waals surface area contributed by atoms with Crippen LogP contribution >= 0.6 is 22.6 Å². The monoisotopic (exact) mass is 430 g/mol. The molecule has 0 aliphatic carbocycles. The Bertz CT molecular complexity index is 767. The second kappa shape index (κ2) is 7.36. The van der Waals surface area contributed by atoms with Crippen LogP contribution in [0.2, 0.25) is 0 Å². The Kier molecular flexibility index (Phi) is 5.48. The highest BCUT2D eigenvalue weighted by Crippen LogP contribution is 2.28. The molecule has 0 atom stereocenters. The van der Waals surface area contributed by atoms with Crippen LogP contribution in [0.15, 0.2) is 36.4 Å². The molecule has 0 unspecified atom stereocenters. The van der Waals surface area contributed by atoms with Crippen LogP contribution in [0.4, 0.5) is 15.8 Å². The van der Waals surface area contributed by atoms with E-state index in [1.54, 1.807) is 13.0 Å². The number of hydrogen-bond acceptors (Lipinski definition) is 4. The molecule has 120 valence electrons. The Labute approximate surface area is 144 Å². The summed E-state index contributed by atoms with van der Waals surface area (Å²) in [5.41, 5.74) is -0.271. The molecular formula is C15H12FIN2O4. The fourth-order valence-electron chi connectivity index (χ4n) is 1.86. The van der Waals surface area contributed by atoms with Crippen LogP contribution in [0.3, 0.4) is 0 Å². The molecule has 23 heavy (non-hydrogen) atoms. The summed E-state index contributed by atoms with van der Waals surface area (Å²) in [7, 11) is 0. The molecule has 1 amide bonds. The lowest BCUT2D eigenvalue weighted by Gasteiger charge is -2.08. The Morgan fingerprint density at radius 2 is 2.09 bits per heavy atom. The molecule has 0 aliphatic rings. The predicted octanol–water partition coefficient (Wildman–Crippen LogP) is 3.99. The van der Waals surface area contributed by atoms with Crippen molar-refractivity contribution in [3.05, 3.63) is 61.5 Å². The molecule has 0 aliphatic heterocycles. The number of benzene rings is 2. The van der Waals surface area contributed by atoms with Crippen LogP contribution in [0, 0.1) is 19.5 Å². The molecule has 2 rings (SSSR count). The van der Waals surface area contributed by atoms with E-state index in [0.29, 0.717) is 3.57 Å². The number of ether oxygens (including phenoxy) is 1. The summed E-state index contributed by atoms with van der Waals surface area (Å²) in [6, 6.07) is 8.18. The summed E-state index contributed by atoms with van der Waals surface area (Å²) < 4.78 is 19.6. The molecule has 0 bridgehead atoms. The van der Waals surface area contributed by atoms with Crippen molar-refractivity contribution in [2.45, 2.75) is 6.92 Å². The van der Waals surface area contributed by atoms with Crippen molar-refractivity contribution in [2.24, 2.45) is 0 Å².